The van der Waals surface area contributed by atoms with Crippen LogP contribution in [0.5, 0.6) is 11.5 Å². The second-order valence-electron chi connectivity index (χ2n) is 4.87. The van der Waals surface area contributed by atoms with E-state index in [1.165, 1.54) is 5.56 Å². The first-order chi connectivity index (χ1) is 10.1. The predicted octanol–water partition coefficient (Wildman–Crippen LogP) is 3.36. The highest BCUT2D eigenvalue weighted by molar-refractivity contribution is 7.80. The molecule has 21 heavy (non-hydrogen) atoms. The normalized spacial score (nSPS) is 16.1. The molecule has 0 saturated heterocycles. The van der Waals surface area contributed by atoms with Crippen molar-refractivity contribution in [1.82, 2.24) is 0 Å². The highest BCUT2D eigenvalue weighted by atomic mass is 35.5. The molecule has 3 nitrogen and oxygen atoms in total. The summed E-state index contributed by atoms with van der Waals surface area (Å²) >= 11 is 11.1. The first-order valence-corrected chi connectivity index (χ1v) is 7.39. The third-order valence-corrected chi connectivity index (χ3v) is 3.89. The minimum atomic E-state index is 0.00808. The fourth-order valence-corrected chi connectivity index (χ4v) is 2.66. The van der Waals surface area contributed by atoms with E-state index in [2.05, 4.69) is 6.07 Å². The minimum absolute atomic E-state index is 0.00808. The third kappa shape index (κ3) is 3.12. The van der Waals surface area contributed by atoms with Crippen LogP contribution in [0.3, 0.4) is 0 Å². The molecule has 1 aliphatic rings. The van der Waals surface area contributed by atoms with Gasteiger partial charge in [-0.2, -0.15) is 0 Å². The Bertz CT molecular complexity index is 665. The summed E-state index contributed by atoms with van der Waals surface area (Å²) in [5, 5.41) is 0.496. The number of rotatable bonds is 4. The lowest BCUT2D eigenvalue weighted by atomic mass is 10.1. The number of benzene rings is 2. The monoisotopic (exact) mass is 319 g/mol. The maximum Gasteiger partial charge on any atom is 0.138 e. The first kappa shape index (κ1) is 14.2. The van der Waals surface area contributed by atoms with E-state index in [0.717, 1.165) is 17.7 Å². The molecular weight excluding hydrogens is 306 g/mol. The molecule has 2 N–H and O–H groups in total. The Morgan fingerprint density at radius 1 is 1.33 bits per heavy atom. The van der Waals surface area contributed by atoms with Crippen molar-refractivity contribution < 1.29 is 9.47 Å². The summed E-state index contributed by atoms with van der Waals surface area (Å²) in [4.78, 5) is 0.318. The Hall–Kier alpha value is -1.78. The molecule has 0 radical (unpaired) electrons. The Kier molecular flexibility index (Phi) is 3.99. The topological polar surface area (TPSA) is 44.5 Å². The summed E-state index contributed by atoms with van der Waals surface area (Å²) in [6, 6.07) is 13.3. The summed E-state index contributed by atoms with van der Waals surface area (Å²) in [5.41, 5.74) is 7.50. The predicted molar refractivity (Wildman–Crippen MR) is 87.4 cm³/mol. The van der Waals surface area contributed by atoms with Crippen LogP contribution in [0.2, 0.25) is 5.02 Å². The summed E-state index contributed by atoms with van der Waals surface area (Å²) in [6.45, 7) is 0.445. The van der Waals surface area contributed by atoms with Gasteiger partial charge in [-0.25, -0.2) is 0 Å². The summed E-state index contributed by atoms with van der Waals surface area (Å²) in [7, 11) is 0. The number of thiocarbonyl (C=S) groups is 1. The molecule has 2 aromatic carbocycles. The highest BCUT2D eigenvalue weighted by Gasteiger charge is 2.23. The average molecular weight is 320 g/mol. The molecular formula is C16H14ClNO2S. The van der Waals surface area contributed by atoms with E-state index >= 15 is 0 Å². The smallest absolute Gasteiger partial charge is 0.138 e. The highest BCUT2D eigenvalue weighted by Crippen LogP contribution is 2.30. The number of fused-ring (bicyclic) bond motifs is 1. The second kappa shape index (κ2) is 5.92. The molecule has 0 spiro atoms. The molecule has 0 aliphatic carbocycles. The largest absolute Gasteiger partial charge is 0.488 e. The van der Waals surface area contributed by atoms with Crippen LogP contribution >= 0.6 is 23.8 Å². The molecule has 0 bridgehead atoms. The van der Waals surface area contributed by atoms with Gasteiger partial charge in [-0.05, 0) is 29.8 Å². The third-order valence-electron chi connectivity index (χ3n) is 3.35. The zero-order valence-corrected chi connectivity index (χ0v) is 12.8. The van der Waals surface area contributed by atoms with Crippen molar-refractivity contribution in [2.75, 3.05) is 6.61 Å². The van der Waals surface area contributed by atoms with Crippen molar-refractivity contribution in [2.24, 2.45) is 5.73 Å². The van der Waals surface area contributed by atoms with Gasteiger partial charge in [-0.3, -0.25) is 0 Å². The second-order valence-corrected chi connectivity index (χ2v) is 5.72. The van der Waals surface area contributed by atoms with E-state index in [1.54, 1.807) is 18.2 Å². The fraction of sp³-hybridized carbons (Fsp3) is 0.188. The van der Waals surface area contributed by atoms with Gasteiger partial charge in [0, 0.05) is 12.0 Å². The van der Waals surface area contributed by atoms with E-state index in [9.17, 15) is 0 Å². The number of ether oxygens (including phenoxy) is 2. The van der Waals surface area contributed by atoms with Crippen LogP contribution in [0, 0.1) is 0 Å². The quantitative estimate of drug-likeness (QED) is 0.878. The van der Waals surface area contributed by atoms with Crippen molar-refractivity contribution in [3.05, 3.63) is 58.6 Å². The van der Waals surface area contributed by atoms with Gasteiger partial charge in [-0.1, -0.05) is 42.0 Å². The number of para-hydroxylation sites is 1. The maximum absolute atomic E-state index is 6.17. The van der Waals surface area contributed by atoms with Gasteiger partial charge in [-0.15, -0.1) is 0 Å². The zero-order valence-electron chi connectivity index (χ0n) is 11.2. The number of hydrogen-bond donors (Lipinski definition) is 1. The molecule has 108 valence electrons. The van der Waals surface area contributed by atoms with Gasteiger partial charge in [0.05, 0.1) is 5.02 Å². The van der Waals surface area contributed by atoms with Crippen LogP contribution in [0.1, 0.15) is 11.1 Å². The molecule has 5 heteroatoms. The average Bonchev–Trinajstić information content (AvgIpc) is 2.88. The SMILES string of the molecule is NC(=S)c1ccc(OCC2Cc3ccccc3O2)c(Cl)c1. The molecule has 1 aliphatic heterocycles. The molecule has 0 aromatic heterocycles. The van der Waals surface area contributed by atoms with Crippen LogP contribution in [-0.4, -0.2) is 17.7 Å². The summed E-state index contributed by atoms with van der Waals surface area (Å²) < 4.78 is 11.6. The van der Waals surface area contributed by atoms with Crippen molar-refractivity contribution >= 4 is 28.8 Å². The van der Waals surface area contributed by atoms with E-state index in [0.29, 0.717) is 22.4 Å². The van der Waals surface area contributed by atoms with Gasteiger partial charge in [0.1, 0.15) is 29.2 Å². The Morgan fingerprint density at radius 2 is 2.14 bits per heavy atom. The molecule has 0 amide bonds. The number of hydrogen-bond acceptors (Lipinski definition) is 3. The number of nitrogens with two attached hydrogens (primary N) is 1. The summed E-state index contributed by atoms with van der Waals surface area (Å²) in [6.07, 6.45) is 0.854. The van der Waals surface area contributed by atoms with E-state index in [1.807, 2.05) is 18.2 Å². The molecule has 3 rings (SSSR count). The van der Waals surface area contributed by atoms with Crippen LogP contribution < -0.4 is 15.2 Å². The van der Waals surface area contributed by atoms with Gasteiger partial charge >= 0.3 is 0 Å². The van der Waals surface area contributed by atoms with Gasteiger partial charge in [0.15, 0.2) is 0 Å². The van der Waals surface area contributed by atoms with Gasteiger partial charge < -0.3 is 15.2 Å². The zero-order chi connectivity index (χ0) is 14.8. The van der Waals surface area contributed by atoms with Crippen LogP contribution in [0.25, 0.3) is 0 Å². The molecule has 1 unspecified atom stereocenters. The van der Waals surface area contributed by atoms with Crippen molar-refractivity contribution in [3.8, 4) is 11.5 Å². The molecule has 1 atom stereocenters. The molecule has 2 aromatic rings. The van der Waals surface area contributed by atoms with Crippen LogP contribution in [-0.2, 0) is 6.42 Å². The lowest BCUT2D eigenvalue weighted by molar-refractivity contribution is 0.148. The Morgan fingerprint density at radius 3 is 2.86 bits per heavy atom. The minimum Gasteiger partial charge on any atom is -0.488 e. The van der Waals surface area contributed by atoms with E-state index in [-0.39, 0.29) is 6.10 Å². The van der Waals surface area contributed by atoms with Crippen molar-refractivity contribution in [1.29, 1.82) is 0 Å². The van der Waals surface area contributed by atoms with Crippen molar-refractivity contribution in [2.45, 2.75) is 12.5 Å². The molecule has 1 heterocycles. The summed E-state index contributed by atoms with van der Waals surface area (Å²) in [5.74, 6) is 1.54. The van der Waals surface area contributed by atoms with Gasteiger partial charge in [0.2, 0.25) is 0 Å². The first-order valence-electron chi connectivity index (χ1n) is 6.60. The van der Waals surface area contributed by atoms with Crippen LogP contribution in [0.15, 0.2) is 42.5 Å². The van der Waals surface area contributed by atoms with Gasteiger partial charge in [0.25, 0.3) is 0 Å². The molecule has 0 saturated carbocycles. The lowest BCUT2D eigenvalue weighted by Gasteiger charge is -2.13. The van der Waals surface area contributed by atoms with Crippen LogP contribution in [0.4, 0.5) is 0 Å². The van der Waals surface area contributed by atoms with Crippen molar-refractivity contribution in [3.63, 3.8) is 0 Å². The van der Waals surface area contributed by atoms with E-state index < -0.39 is 0 Å². The number of halogens is 1. The lowest BCUT2D eigenvalue weighted by Crippen LogP contribution is -2.22. The Balaban J connectivity index is 1.63. The van der Waals surface area contributed by atoms with E-state index in [4.69, 9.17) is 39.0 Å². The molecule has 0 fully saturated rings. The Labute approximate surface area is 133 Å². The maximum atomic E-state index is 6.17. The standard InChI is InChI=1S/C16H14ClNO2S/c17-13-8-11(16(18)21)5-6-15(13)19-9-12-7-10-3-1-2-4-14(10)20-12/h1-6,8,12H,7,9H2,(H2,18,21). The fourth-order valence-electron chi connectivity index (χ4n) is 2.30.